The molecule has 3 heterocycles. The first-order chi connectivity index (χ1) is 28.4. The van der Waals surface area contributed by atoms with Crippen LogP contribution in [0.15, 0.2) is 182 Å². The van der Waals surface area contributed by atoms with Crippen LogP contribution in [0.1, 0.15) is 19.9 Å². The standard InChI is InChI=1S/C53H43N4Si.Pt/c1-37(2)55-36-56(50-28-14-13-27-49(50)55)41-21-15-22-42(34-41)58(3,4)43-29-30-47-46-23-11-12-26-48(46)57(51(47)35-43)52-33-40(31-32-54-52)53-44(38-17-7-5-8-18-38)24-16-25-45(53)39-19-9-6-10-20-39;/h5-33,36-37H,1-4H3;/q-1;. The van der Waals surface area contributed by atoms with Crippen molar-refractivity contribution < 1.29 is 21.1 Å². The van der Waals surface area contributed by atoms with E-state index in [1.54, 1.807) is 0 Å². The smallest absolute Gasteiger partial charge is 0.188 e. The fourth-order valence-electron chi connectivity index (χ4n) is 8.62. The minimum atomic E-state index is -2.31. The summed E-state index contributed by atoms with van der Waals surface area (Å²) in [5.41, 5.74) is 12.6. The maximum Gasteiger partial charge on any atom is 0.188 e. The normalized spacial score (nSPS) is 11.7. The number of fused-ring (bicyclic) bond motifs is 4. The molecule has 10 aromatic rings. The monoisotopic (exact) mass is 958 g/mol. The van der Waals surface area contributed by atoms with Crippen LogP contribution in [0.4, 0.5) is 0 Å². The van der Waals surface area contributed by atoms with Gasteiger partial charge in [0.2, 0.25) is 0 Å². The number of hydrogen-bond donors (Lipinski definition) is 0. The molecular weight excluding hydrogens is 916 g/mol. The van der Waals surface area contributed by atoms with Crippen molar-refractivity contribution in [3.63, 3.8) is 0 Å². The van der Waals surface area contributed by atoms with Gasteiger partial charge in [-0.2, -0.15) is 40.7 Å². The molecule has 0 aliphatic heterocycles. The molecule has 0 aliphatic rings. The SMILES string of the molecule is CC(C)n1[cH+]n(-c2[c-]c([Si](C)(C)c3[c-]c4c(cc3)c3ccccc3n4-c3cc(-c4c(-c5ccccc5)cccc4-c4ccccc4)ccn3)ccc2)c2ccccc21.[Pt]. The second-order valence-corrected chi connectivity index (χ2v) is 20.2. The predicted octanol–water partition coefficient (Wildman–Crippen LogP) is 12.2. The molecule has 0 atom stereocenters. The minimum absolute atomic E-state index is 0. The largest absolute Gasteiger partial charge is 0.319 e. The Morgan fingerprint density at radius 2 is 1.17 bits per heavy atom. The molecule has 7 aromatic carbocycles. The van der Waals surface area contributed by atoms with Crippen LogP contribution >= 0.6 is 0 Å². The van der Waals surface area contributed by atoms with E-state index in [-0.39, 0.29) is 21.1 Å². The Balaban J connectivity index is 0.00000449. The summed E-state index contributed by atoms with van der Waals surface area (Å²) in [5, 5.41) is 4.82. The van der Waals surface area contributed by atoms with Crippen molar-refractivity contribution in [3.8, 4) is 44.9 Å². The third-order valence-corrected chi connectivity index (χ3v) is 15.0. The summed E-state index contributed by atoms with van der Waals surface area (Å²) in [6, 6.07) is 69.2. The number of para-hydroxylation sites is 3. The Hall–Kier alpha value is -6.13. The first kappa shape index (κ1) is 38.4. The van der Waals surface area contributed by atoms with Gasteiger partial charge in [-0.1, -0.05) is 116 Å². The van der Waals surface area contributed by atoms with E-state index in [4.69, 9.17) is 4.98 Å². The molecule has 0 aliphatic carbocycles. The molecule has 59 heavy (non-hydrogen) atoms. The van der Waals surface area contributed by atoms with Gasteiger partial charge in [-0.15, -0.1) is 17.5 Å². The Morgan fingerprint density at radius 1 is 0.559 bits per heavy atom. The third-order valence-electron chi connectivity index (χ3n) is 11.7. The van der Waals surface area contributed by atoms with Crippen LogP contribution in [-0.2, 0) is 21.1 Å². The first-order valence-corrected chi connectivity index (χ1v) is 23.1. The molecule has 3 aromatic heterocycles. The van der Waals surface area contributed by atoms with Gasteiger partial charge in [0.05, 0.1) is 14.1 Å². The van der Waals surface area contributed by atoms with Crippen LogP contribution in [0.5, 0.6) is 0 Å². The summed E-state index contributed by atoms with van der Waals surface area (Å²) in [6.45, 7) is 9.30. The van der Waals surface area contributed by atoms with E-state index in [9.17, 15) is 0 Å². The molecule has 290 valence electrons. The number of aromatic nitrogens is 4. The molecule has 4 nitrogen and oxygen atoms in total. The summed E-state index contributed by atoms with van der Waals surface area (Å²) < 4.78 is 6.93. The van der Waals surface area contributed by atoms with Crippen molar-refractivity contribution in [2.24, 2.45) is 0 Å². The van der Waals surface area contributed by atoms with Crippen molar-refractivity contribution in [1.29, 1.82) is 0 Å². The van der Waals surface area contributed by atoms with Gasteiger partial charge in [-0.25, -0.2) is 14.1 Å². The molecule has 0 saturated heterocycles. The summed E-state index contributed by atoms with van der Waals surface area (Å²) >= 11 is 0. The van der Waals surface area contributed by atoms with Crippen molar-refractivity contribution >= 4 is 51.3 Å². The molecule has 0 N–H and O–H groups in total. The minimum Gasteiger partial charge on any atom is -0.319 e. The van der Waals surface area contributed by atoms with E-state index in [1.165, 1.54) is 60.0 Å². The second kappa shape index (κ2) is 15.6. The first-order valence-electron chi connectivity index (χ1n) is 20.1. The third kappa shape index (κ3) is 6.69. The Morgan fingerprint density at radius 3 is 1.86 bits per heavy atom. The molecule has 0 fully saturated rings. The van der Waals surface area contributed by atoms with Crippen molar-refractivity contribution in [3.05, 3.63) is 195 Å². The fraction of sp³-hybridized carbons (Fsp3) is 0.0943. The Bertz CT molecular complexity index is 3070. The van der Waals surface area contributed by atoms with Gasteiger partial charge in [0, 0.05) is 50.6 Å². The molecule has 0 unspecified atom stereocenters. The van der Waals surface area contributed by atoms with Gasteiger partial charge in [0.1, 0.15) is 5.82 Å². The maximum absolute atomic E-state index is 5.09. The number of nitrogens with zero attached hydrogens (tertiary/aromatic N) is 4. The summed E-state index contributed by atoms with van der Waals surface area (Å²) in [6.07, 6.45) is 4.18. The molecule has 10 rings (SSSR count). The average molecular weight is 959 g/mol. The van der Waals surface area contributed by atoms with Gasteiger partial charge in [0.15, 0.2) is 17.4 Å². The zero-order valence-corrected chi connectivity index (χ0v) is 36.8. The predicted molar refractivity (Wildman–Crippen MR) is 245 cm³/mol. The summed E-state index contributed by atoms with van der Waals surface area (Å²) in [5.74, 6) is 0.866. The molecule has 0 saturated carbocycles. The van der Waals surface area contributed by atoms with Crippen molar-refractivity contribution in [1.82, 2.24) is 18.7 Å². The average Bonchev–Trinajstić information content (AvgIpc) is 3.83. The van der Waals surface area contributed by atoms with E-state index in [2.05, 4.69) is 229 Å². The summed E-state index contributed by atoms with van der Waals surface area (Å²) in [4.78, 5) is 5.09. The van der Waals surface area contributed by atoms with Crippen molar-refractivity contribution in [2.45, 2.75) is 33.0 Å². The number of benzene rings is 7. The van der Waals surface area contributed by atoms with E-state index >= 15 is 0 Å². The Kier molecular flexibility index (Phi) is 10.1. The van der Waals surface area contributed by atoms with E-state index in [1.807, 2.05) is 6.20 Å². The Labute approximate surface area is 361 Å². The van der Waals surface area contributed by atoms with Crippen LogP contribution in [0, 0.1) is 12.1 Å². The topological polar surface area (TPSA) is 27.7 Å². The second-order valence-electron chi connectivity index (χ2n) is 15.9. The molecular formula is C53H43N4PtSi-. The number of rotatable bonds is 8. The van der Waals surface area contributed by atoms with Crippen LogP contribution in [0.3, 0.4) is 0 Å². The van der Waals surface area contributed by atoms with Gasteiger partial charge in [-0.05, 0) is 82.9 Å². The number of imidazole rings is 1. The van der Waals surface area contributed by atoms with Crippen molar-refractivity contribution in [2.75, 3.05) is 0 Å². The van der Waals surface area contributed by atoms with Crippen LogP contribution < -0.4 is 10.4 Å². The van der Waals surface area contributed by atoms with E-state index in [0.29, 0.717) is 6.04 Å². The quantitative estimate of drug-likeness (QED) is 0.110. The van der Waals surface area contributed by atoms with Crippen LogP contribution in [0.25, 0.3) is 77.7 Å². The molecule has 0 amide bonds. The van der Waals surface area contributed by atoms with Gasteiger partial charge in [-0.3, -0.25) is 0 Å². The van der Waals surface area contributed by atoms with E-state index < -0.39 is 8.07 Å². The zero-order chi connectivity index (χ0) is 39.4. The molecule has 6 heteroatoms. The molecule has 0 spiro atoms. The van der Waals surface area contributed by atoms with Crippen LogP contribution in [0.2, 0.25) is 13.1 Å². The maximum atomic E-state index is 5.09. The number of hydrogen-bond acceptors (Lipinski definition) is 1. The van der Waals surface area contributed by atoms with Gasteiger partial charge < -0.3 is 4.57 Å². The molecule has 0 radical (unpaired) electrons. The number of pyridine rings is 1. The van der Waals surface area contributed by atoms with Gasteiger partial charge in [0.25, 0.3) is 0 Å². The van der Waals surface area contributed by atoms with E-state index in [0.717, 1.165) is 28.1 Å². The zero-order valence-electron chi connectivity index (χ0n) is 33.5. The van der Waals surface area contributed by atoms with Gasteiger partial charge >= 0.3 is 0 Å². The fourth-order valence-corrected chi connectivity index (χ4v) is 10.8. The summed E-state index contributed by atoms with van der Waals surface area (Å²) in [7, 11) is -2.31. The molecule has 0 bridgehead atoms. The van der Waals surface area contributed by atoms with Crippen LogP contribution in [-0.4, -0.2) is 26.8 Å².